The molecule has 1 amide bonds. The maximum Gasteiger partial charge on any atom is 0.264 e. The number of halogens is 3. The molecule has 2 N–H and O–H groups in total. The van der Waals surface area contributed by atoms with Gasteiger partial charge in [0.2, 0.25) is 0 Å². The lowest BCUT2D eigenvalue weighted by Gasteiger charge is -2.13. The van der Waals surface area contributed by atoms with Gasteiger partial charge in [-0.25, -0.2) is 21.6 Å². The summed E-state index contributed by atoms with van der Waals surface area (Å²) in [6.45, 7) is 0.0602. The van der Waals surface area contributed by atoms with Crippen molar-refractivity contribution in [3.05, 3.63) is 83.6 Å². The summed E-state index contributed by atoms with van der Waals surface area (Å²) in [7, 11) is -4.63. The van der Waals surface area contributed by atoms with Gasteiger partial charge in [0.15, 0.2) is 17.5 Å². The van der Waals surface area contributed by atoms with Crippen molar-refractivity contribution in [2.75, 3.05) is 4.72 Å². The Bertz CT molecular complexity index is 1120. The molecule has 3 rings (SSSR count). The van der Waals surface area contributed by atoms with Crippen molar-refractivity contribution >= 4 is 21.6 Å². The van der Waals surface area contributed by atoms with Gasteiger partial charge in [-0.2, -0.15) is 0 Å². The molecule has 0 aliphatic heterocycles. The number of furan rings is 1. The van der Waals surface area contributed by atoms with Gasteiger partial charge >= 0.3 is 0 Å². The number of nitrogens with one attached hydrogen (secondary N) is 2. The SMILES string of the molecule is O=C(NCc1ccco1)c1ccccc1NS(=O)(=O)c1ccc(F)c(F)c1F. The molecule has 0 radical (unpaired) electrons. The first kappa shape index (κ1) is 19.5. The first-order valence-corrected chi connectivity index (χ1v) is 9.34. The number of sulfonamides is 1. The molecule has 0 bridgehead atoms. The highest BCUT2D eigenvalue weighted by Crippen LogP contribution is 2.24. The van der Waals surface area contributed by atoms with E-state index < -0.39 is 38.3 Å². The number of amides is 1. The highest BCUT2D eigenvalue weighted by molar-refractivity contribution is 7.92. The van der Waals surface area contributed by atoms with Crippen molar-refractivity contribution in [3.8, 4) is 0 Å². The molecule has 1 aromatic heterocycles. The summed E-state index contributed by atoms with van der Waals surface area (Å²) in [5.74, 6) is -5.43. The number of benzene rings is 2. The third-order valence-electron chi connectivity index (χ3n) is 3.71. The fraction of sp³-hybridized carbons (Fsp3) is 0.0556. The summed E-state index contributed by atoms with van der Waals surface area (Å²) in [5, 5.41) is 2.54. The van der Waals surface area contributed by atoms with Crippen LogP contribution in [0.1, 0.15) is 16.1 Å². The Kier molecular flexibility index (Phi) is 5.41. The van der Waals surface area contributed by atoms with Crippen molar-refractivity contribution < 1.29 is 30.8 Å². The van der Waals surface area contributed by atoms with Gasteiger partial charge in [0.25, 0.3) is 15.9 Å². The topological polar surface area (TPSA) is 88.4 Å². The van der Waals surface area contributed by atoms with Crippen LogP contribution in [0.25, 0.3) is 0 Å². The molecule has 0 fully saturated rings. The summed E-state index contributed by atoms with van der Waals surface area (Å²) in [4.78, 5) is 11.3. The number of hydrogen-bond donors (Lipinski definition) is 2. The van der Waals surface area contributed by atoms with E-state index in [4.69, 9.17) is 4.42 Å². The number of carbonyl (C=O) groups is 1. The molecule has 1 heterocycles. The van der Waals surface area contributed by atoms with E-state index in [0.717, 1.165) is 0 Å². The second-order valence-electron chi connectivity index (χ2n) is 5.59. The number of hydrogen-bond acceptors (Lipinski definition) is 4. The van der Waals surface area contributed by atoms with Crippen molar-refractivity contribution in [2.45, 2.75) is 11.4 Å². The van der Waals surface area contributed by atoms with Crippen LogP contribution in [0.3, 0.4) is 0 Å². The molecule has 3 aromatic rings. The average molecular weight is 410 g/mol. The van der Waals surface area contributed by atoms with E-state index in [9.17, 15) is 26.4 Å². The first-order chi connectivity index (χ1) is 13.3. The first-order valence-electron chi connectivity index (χ1n) is 7.85. The third kappa shape index (κ3) is 4.01. The van der Waals surface area contributed by atoms with Crippen molar-refractivity contribution in [2.24, 2.45) is 0 Å². The van der Waals surface area contributed by atoms with Crippen LogP contribution < -0.4 is 10.0 Å². The van der Waals surface area contributed by atoms with Crippen molar-refractivity contribution in [1.82, 2.24) is 5.32 Å². The Balaban J connectivity index is 1.86. The predicted molar refractivity (Wildman–Crippen MR) is 93.4 cm³/mol. The van der Waals surface area contributed by atoms with E-state index in [2.05, 4.69) is 5.32 Å². The second kappa shape index (κ2) is 7.77. The van der Waals surface area contributed by atoms with Crippen molar-refractivity contribution in [3.63, 3.8) is 0 Å². The maximum absolute atomic E-state index is 13.9. The summed E-state index contributed by atoms with van der Waals surface area (Å²) < 4.78 is 72.3. The Labute approximate surface area is 158 Å². The molecule has 6 nitrogen and oxygen atoms in total. The molecule has 0 atom stereocenters. The monoisotopic (exact) mass is 410 g/mol. The quantitative estimate of drug-likeness (QED) is 0.610. The van der Waals surface area contributed by atoms with E-state index in [1.165, 1.54) is 30.5 Å². The summed E-state index contributed by atoms with van der Waals surface area (Å²) in [6.07, 6.45) is 1.43. The molecule has 28 heavy (non-hydrogen) atoms. The minimum atomic E-state index is -4.63. The van der Waals surface area contributed by atoms with E-state index >= 15 is 0 Å². The van der Waals surface area contributed by atoms with Gasteiger partial charge < -0.3 is 9.73 Å². The van der Waals surface area contributed by atoms with Crippen LogP contribution in [-0.2, 0) is 16.6 Å². The number of para-hydroxylation sites is 1. The van der Waals surface area contributed by atoms with E-state index in [0.29, 0.717) is 17.9 Å². The number of carbonyl (C=O) groups excluding carboxylic acids is 1. The zero-order valence-corrected chi connectivity index (χ0v) is 14.9. The summed E-state index contributed by atoms with van der Waals surface area (Å²) in [6, 6.07) is 9.93. The van der Waals surface area contributed by atoms with E-state index in [1.54, 1.807) is 12.1 Å². The van der Waals surface area contributed by atoms with Gasteiger partial charge in [-0.05, 0) is 36.4 Å². The zero-order valence-electron chi connectivity index (χ0n) is 14.1. The third-order valence-corrected chi connectivity index (χ3v) is 5.09. The van der Waals surface area contributed by atoms with E-state index in [1.807, 2.05) is 4.72 Å². The zero-order chi connectivity index (χ0) is 20.3. The fourth-order valence-corrected chi connectivity index (χ4v) is 3.51. The molecule has 0 saturated heterocycles. The van der Waals surface area contributed by atoms with Gasteiger partial charge in [0, 0.05) is 0 Å². The predicted octanol–water partition coefficient (Wildman–Crippen LogP) is 3.43. The molecular formula is C18H13F3N2O4S. The van der Waals surface area contributed by atoms with Gasteiger partial charge in [-0.3, -0.25) is 9.52 Å². The fourth-order valence-electron chi connectivity index (χ4n) is 2.36. The normalized spacial score (nSPS) is 11.2. The van der Waals surface area contributed by atoms with Crippen LogP contribution in [0.2, 0.25) is 0 Å². The molecule has 146 valence electrons. The standard InChI is InChI=1S/C18H13F3N2O4S/c19-13-7-8-15(17(21)16(13)20)28(25,26)23-14-6-2-1-5-12(14)18(24)22-10-11-4-3-9-27-11/h1-9,23H,10H2,(H,22,24). The number of rotatable bonds is 6. The van der Waals surface area contributed by atoms with Gasteiger partial charge in [0.1, 0.15) is 10.7 Å². The molecule has 0 unspecified atom stereocenters. The van der Waals surface area contributed by atoms with Crippen LogP contribution in [-0.4, -0.2) is 14.3 Å². The minimum absolute atomic E-state index is 0.0550. The van der Waals surface area contributed by atoms with Gasteiger partial charge in [0.05, 0.1) is 24.1 Å². The molecule has 0 aliphatic carbocycles. The Hall–Kier alpha value is -3.27. The molecule has 0 spiro atoms. The van der Waals surface area contributed by atoms with E-state index in [-0.39, 0.29) is 17.8 Å². The lowest BCUT2D eigenvalue weighted by Crippen LogP contribution is -2.25. The highest BCUT2D eigenvalue weighted by atomic mass is 32.2. The van der Waals surface area contributed by atoms with Crippen molar-refractivity contribution in [1.29, 1.82) is 0 Å². The van der Waals surface area contributed by atoms with Crippen LogP contribution >= 0.6 is 0 Å². The molecule has 0 saturated carbocycles. The molecular weight excluding hydrogens is 397 g/mol. The van der Waals surface area contributed by atoms with Crippen LogP contribution in [0.5, 0.6) is 0 Å². The van der Waals surface area contributed by atoms with Gasteiger partial charge in [-0.1, -0.05) is 12.1 Å². The Morgan fingerprint density at radius 2 is 1.71 bits per heavy atom. The van der Waals surface area contributed by atoms with Crippen LogP contribution in [0, 0.1) is 17.5 Å². The molecule has 0 aliphatic rings. The highest BCUT2D eigenvalue weighted by Gasteiger charge is 2.25. The average Bonchev–Trinajstić information content (AvgIpc) is 3.18. The van der Waals surface area contributed by atoms with Crippen LogP contribution in [0.4, 0.5) is 18.9 Å². The lowest BCUT2D eigenvalue weighted by molar-refractivity contribution is 0.0949. The molecule has 10 heteroatoms. The summed E-state index contributed by atoms with van der Waals surface area (Å²) >= 11 is 0. The Morgan fingerprint density at radius 1 is 0.964 bits per heavy atom. The summed E-state index contributed by atoms with van der Waals surface area (Å²) in [5.41, 5.74) is -0.218. The lowest BCUT2D eigenvalue weighted by atomic mass is 10.1. The molecule has 2 aromatic carbocycles. The second-order valence-corrected chi connectivity index (χ2v) is 7.24. The maximum atomic E-state index is 13.9. The minimum Gasteiger partial charge on any atom is -0.467 e. The Morgan fingerprint density at radius 3 is 2.43 bits per heavy atom. The van der Waals surface area contributed by atoms with Gasteiger partial charge in [-0.15, -0.1) is 0 Å². The largest absolute Gasteiger partial charge is 0.467 e. The number of anilines is 1. The van der Waals surface area contributed by atoms with Crippen LogP contribution in [0.15, 0.2) is 64.1 Å². The smallest absolute Gasteiger partial charge is 0.264 e.